The van der Waals surface area contributed by atoms with Crippen molar-refractivity contribution >= 4 is 23.9 Å². The van der Waals surface area contributed by atoms with E-state index in [0.29, 0.717) is 60.6 Å². The molecule has 0 fully saturated rings. The first-order valence-electron chi connectivity index (χ1n) is 18.9. The summed E-state index contributed by atoms with van der Waals surface area (Å²) < 4.78 is 32.9. The minimum atomic E-state index is -0.473. The molecule has 0 aliphatic heterocycles. The van der Waals surface area contributed by atoms with Gasteiger partial charge in [0, 0.05) is 12.2 Å². The van der Waals surface area contributed by atoms with Crippen LogP contribution in [0, 0.1) is 13.8 Å². The Kier molecular flexibility index (Phi) is 17.4. The van der Waals surface area contributed by atoms with Crippen LogP contribution in [0.4, 0.5) is 0 Å². The minimum Gasteiger partial charge on any atom is -0.494 e. The summed E-state index contributed by atoms with van der Waals surface area (Å²) in [5, 5.41) is 0. The minimum absolute atomic E-state index is 0.390. The maximum absolute atomic E-state index is 12.9. The van der Waals surface area contributed by atoms with Crippen LogP contribution < -0.4 is 18.9 Å². The van der Waals surface area contributed by atoms with Crippen molar-refractivity contribution in [2.24, 2.45) is 0 Å². The van der Waals surface area contributed by atoms with E-state index in [0.717, 1.165) is 85.8 Å². The van der Waals surface area contributed by atoms with Crippen LogP contribution >= 0.6 is 0 Å². The van der Waals surface area contributed by atoms with Crippen molar-refractivity contribution in [3.8, 4) is 34.1 Å². The Morgan fingerprint density at radius 1 is 0.464 bits per heavy atom. The molecule has 0 saturated heterocycles. The molecule has 0 saturated carbocycles. The van der Waals surface area contributed by atoms with E-state index in [4.69, 9.17) is 28.4 Å². The van der Waals surface area contributed by atoms with Crippen LogP contribution in [0.2, 0.25) is 0 Å². The van der Waals surface area contributed by atoms with Crippen molar-refractivity contribution in [3.05, 3.63) is 132 Å². The molecule has 0 unspecified atom stereocenters. The zero-order valence-corrected chi connectivity index (χ0v) is 32.2. The summed E-state index contributed by atoms with van der Waals surface area (Å²) in [5.74, 6) is 0.439. The highest BCUT2D eigenvalue weighted by molar-refractivity contribution is 5.92. The SMILES string of the molecule is C=CC(=O)OCCCCCCOc1ccc(C(=O)Oc2ccc(-c3ccc(OC(=O)c4ccc(OCCCCCCOC(=O)C=C)cc4)cc3C)c(C)c2)cc1. The second-order valence-corrected chi connectivity index (χ2v) is 13.0. The lowest BCUT2D eigenvalue weighted by Gasteiger charge is -2.13. The van der Waals surface area contributed by atoms with Gasteiger partial charge in [0.2, 0.25) is 0 Å². The van der Waals surface area contributed by atoms with Crippen LogP contribution in [0.5, 0.6) is 23.0 Å². The topological polar surface area (TPSA) is 124 Å². The van der Waals surface area contributed by atoms with Crippen molar-refractivity contribution in [1.82, 2.24) is 0 Å². The summed E-state index contributed by atoms with van der Waals surface area (Å²) in [7, 11) is 0. The lowest BCUT2D eigenvalue weighted by Crippen LogP contribution is -2.09. The molecule has 0 N–H and O–H groups in total. The standard InChI is InChI=1S/C46H50O10/c1-5-43(47)53-29-13-9-7-11-27-51-37-19-15-35(16-20-37)45(49)55-39-23-25-41(33(3)31-39)42-26-24-40(32-34(42)4)56-46(50)36-17-21-38(22-18-36)52-28-12-8-10-14-30-54-44(48)6-2/h5-6,15-26,31-32H,1-2,7-14,27-30H2,3-4H3. The molecule has 10 heteroatoms. The zero-order valence-electron chi connectivity index (χ0n) is 32.2. The van der Waals surface area contributed by atoms with E-state index in [1.165, 1.54) is 0 Å². The summed E-state index contributed by atoms with van der Waals surface area (Å²) in [5.41, 5.74) is 4.56. The monoisotopic (exact) mass is 762 g/mol. The van der Waals surface area contributed by atoms with Crippen molar-refractivity contribution < 1.29 is 47.6 Å². The number of carbonyl (C=O) groups is 4. The summed E-state index contributed by atoms with van der Waals surface area (Å²) in [4.78, 5) is 47.9. The molecule has 0 aliphatic carbocycles. The summed E-state index contributed by atoms with van der Waals surface area (Å²) in [6.07, 6.45) is 9.40. The molecule has 0 amide bonds. The van der Waals surface area contributed by atoms with Crippen molar-refractivity contribution in [2.75, 3.05) is 26.4 Å². The maximum atomic E-state index is 12.9. The van der Waals surface area contributed by atoms with Crippen molar-refractivity contribution in [2.45, 2.75) is 65.2 Å². The zero-order chi connectivity index (χ0) is 40.1. The molecule has 0 radical (unpaired) electrons. The second kappa shape index (κ2) is 22.9. The third-order valence-corrected chi connectivity index (χ3v) is 8.72. The van der Waals surface area contributed by atoms with E-state index in [1.807, 2.05) is 38.1 Å². The molecular weight excluding hydrogens is 712 g/mol. The highest BCUT2D eigenvalue weighted by atomic mass is 16.5. The smallest absolute Gasteiger partial charge is 0.343 e. The van der Waals surface area contributed by atoms with E-state index in [9.17, 15) is 19.2 Å². The second-order valence-electron chi connectivity index (χ2n) is 13.0. The largest absolute Gasteiger partial charge is 0.494 e. The van der Waals surface area contributed by atoms with Crippen LogP contribution in [0.15, 0.2) is 110 Å². The molecule has 4 rings (SSSR count). The number of rotatable bonds is 23. The van der Waals surface area contributed by atoms with Crippen molar-refractivity contribution in [1.29, 1.82) is 0 Å². The van der Waals surface area contributed by atoms with Crippen LogP contribution in [0.1, 0.15) is 83.2 Å². The molecule has 0 atom stereocenters. The fourth-order valence-electron chi connectivity index (χ4n) is 5.67. The fourth-order valence-corrected chi connectivity index (χ4v) is 5.67. The van der Waals surface area contributed by atoms with Gasteiger partial charge in [0.25, 0.3) is 0 Å². The van der Waals surface area contributed by atoms with E-state index >= 15 is 0 Å². The number of aryl methyl sites for hydroxylation is 2. The first kappa shape index (κ1) is 42.6. The van der Waals surface area contributed by atoms with E-state index in [2.05, 4.69) is 13.2 Å². The van der Waals surface area contributed by atoms with Gasteiger partial charge in [-0.25, -0.2) is 19.2 Å². The Hall–Kier alpha value is -6.16. The van der Waals surface area contributed by atoms with Crippen molar-refractivity contribution in [3.63, 3.8) is 0 Å². The lowest BCUT2D eigenvalue weighted by atomic mass is 9.96. The molecule has 4 aromatic rings. The average molecular weight is 763 g/mol. The van der Waals surface area contributed by atoms with E-state index in [1.54, 1.807) is 60.7 Å². The number of ether oxygens (including phenoxy) is 6. The predicted octanol–water partition coefficient (Wildman–Crippen LogP) is 9.75. The Bertz CT molecular complexity index is 1790. The molecule has 0 bridgehead atoms. The summed E-state index contributed by atoms with van der Waals surface area (Å²) in [6.45, 7) is 12.5. The molecule has 0 aromatic heterocycles. The Balaban J connectivity index is 1.19. The van der Waals surface area contributed by atoms with Gasteiger partial charge in [0.15, 0.2) is 0 Å². The van der Waals surface area contributed by atoms with E-state index < -0.39 is 23.9 Å². The van der Waals surface area contributed by atoms with Crippen LogP contribution in [0.3, 0.4) is 0 Å². The van der Waals surface area contributed by atoms with E-state index in [-0.39, 0.29) is 0 Å². The first-order chi connectivity index (χ1) is 27.2. The predicted molar refractivity (Wildman–Crippen MR) is 214 cm³/mol. The maximum Gasteiger partial charge on any atom is 0.343 e. The van der Waals surface area contributed by atoms with Gasteiger partial charge >= 0.3 is 23.9 Å². The van der Waals surface area contributed by atoms with Gasteiger partial charge in [-0.3, -0.25) is 0 Å². The fraction of sp³-hybridized carbons (Fsp3) is 0.304. The van der Waals surface area contributed by atoms with Gasteiger partial charge < -0.3 is 28.4 Å². The van der Waals surface area contributed by atoms with Gasteiger partial charge in [-0.15, -0.1) is 0 Å². The molecule has 294 valence electrons. The summed E-state index contributed by atoms with van der Waals surface area (Å²) in [6, 6.07) is 24.7. The van der Waals surface area contributed by atoms with Gasteiger partial charge in [0.05, 0.1) is 37.6 Å². The highest BCUT2D eigenvalue weighted by Crippen LogP contribution is 2.32. The van der Waals surface area contributed by atoms with Crippen LogP contribution in [-0.4, -0.2) is 50.3 Å². The summed E-state index contributed by atoms with van der Waals surface area (Å²) >= 11 is 0. The number of unbranched alkanes of at least 4 members (excludes halogenated alkanes) is 6. The Labute approximate surface area is 329 Å². The molecule has 0 aliphatic rings. The number of hydrogen-bond acceptors (Lipinski definition) is 10. The Morgan fingerprint density at radius 2 is 0.804 bits per heavy atom. The molecule has 10 nitrogen and oxygen atoms in total. The molecule has 0 heterocycles. The normalized spacial score (nSPS) is 10.5. The number of carbonyl (C=O) groups excluding carboxylic acids is 4. The number of esters is 4. The quantitative estimate of drug-likeness (QED) is 0.0312. The highest BCUT2D eigenvalue weighted by Gasteiger charge is 2.14. The molecule has 56 heavy (non-hydrogen) atoms. The van der Waals surface area contributed by atoms with Gasteiger partial charge in [-0.1, -0.05) is 25.3 Å². The van der Waals surface area contributed by atoms with Gasteiger partial charge in [-0.2, -0.15) is 0 Å². The Morgan fingerprint density at radius 3 is 1.14 bits per heavy atom. The molecular formula is C46H50O10. The first-order valence-corrected chi connectivity index (χ1v) is 18.9. The molecule has 4 aromatic carbocycles. The number of benzene rings is 4. The molecule has 0 spiro atoms. The third kappa shape index (κ3) is 14.2. The van der Waals surface area contributed by atoms with Gasteiger partial charge in [0.1, 0.15) is 23.0 Å². The average Bonchev–Trinajstić information content (AvgIpc) is 3.20. The van der Waals surface area contributed by atoms with Crippen LogP contribution in [0.25, 0.3) is 11.1 Å². The van der Waals surface area contributed by atoms with Gasteiger partial charge in [-0.05, 0) is 160 Å². The number of hydrogen-bond donors (Lipinski definition) is 0. The van der Waals surface area contributed by atoms with Crippen LogP contribution in [-0.2, 0) is 19.1 Å². The lowest BCUT2D eigenvalue weighted by molar-refractivity contribution is -0.138. The third-order valence-electron chi connectivity index (χ3n) is 8.72.